The third kappa shape index (κ3) is 3.56. The number of aliphatic hydroxyl groups is 1. The van der Waals surface area contributed by atoms with Crippen molar-refractivity contribution in [1.29, 1.82) is 0 Å². The van der Waals surface area contributed by atoms with Gasteiger partial charge in [0.2, 0.25) is 0 Å². The summed E-state index contributed by atoms with van der Waals surface area (Å²) in [5.41, 5.74) is -1.26. The van der Waals surface area contributed by atoms with Gasteiger partial charge in [-0.1, -0.05) is 6.07 Å². The van der Waals surface area contributed by atoms with E-state index in [1.165, 1.54) is 13.1 Å². The van der Waals surface area contributed by atoms with Gasteiger partial charge in [0.15, 0.2) is 0 Å². The molecule has 0 atom stereocenters. The highest BCUT2D eigenvalue weighted by Crippen LogP contribution is 2.34. The van der Waals surface area contributed by atoms with Crippen molar-refractivity contribution in [1.82, 2.24) is 0 Å². The lowest BCUT2D eigenvalue weighted by molar-refractivity contribution is -0.138. The zero-order valence-corrected chi connectivity index (χ0v) is 9.51. The maximum atomic E-state index is 12.7. The zero-order valence-electron chi connectivity index (χ0n) is 9.51. The lowest BCUT2D eigenvalue weighted by atomic mass is 10.1. The molecule has 0 amide bonds. The Kier molecular flexibility index (Phi) is 4.50. The molecular formula is C11H12F5NO. The normalized spacial score (nSPS) is 12.0. The summed E-state index contributed by atoms with van der Waals surface area (Å²) in [6, 6.07) is 3.11. The van der Waals surface area contributed by atoms with Gasteiger partial charge in [-0.05, 0) is 17.7 Å². The number of hydrogen-bond donors (Lipinski definition) is 1. The third-order valence-electron chi connectivity index (χ3n) is 2.42. The molecule has 1 rings (SSSR count). The fourth-order valence-corrected chi connectivity index (χ4v) is 1.52. The molecule has 0 aromatic heterocycles. The predicted octanol–water partition coefficient (Wildman–Crippen LogP) is 2.90. The van der Waals surface area contributed by atoms with Crippen LogP contribution in [-0.2, 0) is 12.8 Å². The summed E-state index contributed by atoms with van der Waals surface area (Å²) in [6.45, 7) is -1.41. The van der Waals surface area contributed by atoms with Gasteiger partial charge in [0.1, 0.15) is 0 Å². The molecule has 0 bridgehead atoms. The van der Waals surface area contributed by atoms with Crippen molar-refractivity contribution in [3.8, 4) is 0 Å². The van der Waals surface area contributed by atoms with Crippen LogP contribution >= 0.6 is 0 Å². The molecule has 1 aromatic rings. The van der Waals surface area contributed by atoms with Crippen LogP contribution in [0.25, 0.3) is 0 Å². The number of anilines is 1. The molecule has 2 nitrogen and oxygen atoms in total. The lowest BCUT2D eigenvalue weighted by Gasteiger charge is -2.21. The van der Waals surface area contributed by atoms with E-state index in [1.54, 1.807) is 0 Å². The van der Waals surface area contributed by atoms with Crippen molar-refractivity contribution in [3.63, 3.8) is 0 Å². The highest BCUT2D eigenvalue weighted by Gasteiger charge is 2.33. The van der Waals surface area contributed by atoms with Gasteiger partial charge in [-0.15, -0.1) is 0 Å². The standard InChI is InChI=1S/C11H12F5NO/c1-17(5-10(12)13)8-3-2-7(6-18)9(4-8)11(14,15)16/h2-4,10,18H,5-6H2,1H3. The topological polar surface area (TPSA) is 23.5 Å². The Morgan fingerprint density at radius 1 is 1.28 bits per heavy atom. The van der Waals surface area contributed by atoms with E-state index in [4.69, 9.17) is 5.11 Å². The van der Waals surface area contributed by atoms with Crippen LogP contribution in [0.1, 0.15) is 11.1 Å². The number of benzene rings is 1. The third-order valence-corrected chi connectivity index (χ3v) is 2.42. The number of halogens is 5. The van der Waals surface area contributed by atoms with Gasteiger partial charge in [0.05, 0.1) is 18.7 Å². The monoisotopic (exact) mass is 269 g/mol. The Morgan fingerprint density at radius 2 is 1.89 bits per heavy atom. The number of aliphatic hydroxyl groups excluding tert-OH is 1. The fourth-order valence-electron chi connectivity index (χ4n) is 1.52. The Balaban J connectivity index is 3.10. The van der Waals surface area contributed by atoms with Gasteiger partial charge >= 0.3 is 6.18 Å². The average Bonchev–Trinajstić information content (AvgIpc) is 2.26. The summed E-state index contributed by atoms with van der Waals surface area (Å²) in [4.78, 5) is 1.03. The molecule has 0 spiro atoms. The van der Waals surface area contributed by atoms with E-state index >= 15 is 0 Å². The Labute approximate surface area is 101 Å². The molecule has 1 N–H and O–H groups in total. The zero-order chi connectivity index (χ0) is 13.9. The van der Waals surface area contributed by atoms with Crippen LogP contribution in [0.2, 0.25) is 0 Å². The number of rotatable bonds is 4. The van der Waals surface area contributed by atoms with E-state index in [1.807, 2.05) is 0 Å². The second-order valence-corrected chi connectivity index (χ2v) is 3.77. The second-order valence-electron chi connectivity index (χ2n) is 3.77. The molecule has 7 heteroatoms. The number of nitrogens with zero attached hydrogens (tertiary/aromatic N) is 1. The van der Waals surface area contributed by atoms with Gasteiger partial charge in [0, 0.05) is 12.7 Å². The molecule has 0 unspecified atom stereocenters. The number of alkyl halides is 5. The number of hydrogen-bond acceptors (Lipinski definition) is 2. The van der Waals surface area contributed by atoms with E-state index in [9.17, 15) is 22.0 Å². The van der Waals surface area contributed by atoms with Crippen molar-refractivity contribution in [2.45, 2.75) is 19.2 Å². The molecule has 0 saturated carbocycles. The van der Waals surface area contributed by atoms with Crippen molar-refractivity contribution in [2.75, 3.05) is 18.5 Å². The minimum Gasteiger partial charge on any atom is -0.392 e. The summed E-state index contributed by atoms with van der Waals surface area (Å²) in [5.74, 6) is 0. The van der Waals surface area contributed by atoms with Crippen LogP contribution in [-0.4, -0.2) is 25.1 Å². The first-order valence-corrected chi connectivity index (χ1v) is 5.06. The van der Waals surface area contributed by atoms with Crippen molar-refractivity contribution < 1.29 is 27.1 Å². The minimum absolute atomic E-state index is 0.0276. The largest absolute Gasteiger partial charge is 0.416 e. The maximum Gasteiger partial charge on any atom is 0.416 e. The summed E-state index contributed by atoms with van der Waals surface area (Å²) in [7, 11) is 1.28. The van der Waals surface area contributed by atoms with Crippen LogP contribution in [0.15, 0.2) is 18.2 Å². The first-order valence-electron chi connectivity index (χ1n) is 5.06. The van der Waals surface area contributed by atoms with Gasteiger partial charge in [0.25, 0.3) is 6.43 Å². The van der Waals surface area contributed by atoms with E-state index in [0.29, 0.717) is 0 Å². The van der Waals surface area contributed by atoms with Crippen LogP contribution in [0.4, 0.5) is 27.6 Å². The van der Waals surface area contributed by atoms with Gasteiger partial charge in [-0.2, -0.15) is 13.2 Å². The highest BCUT2D eigenvalue weighted by molar-refractivity contribution is 5.51. The van der Waals surface area contributed by atoms with E-state index < -0.39 is 31.3 Å². The fraction of sp³-hybridized carbons (Fsp3) is 0.455. The second kappa shape index (κ2) is 5.51. The molecule has 18 heavy (non-hydrogen) atoms. The smallest absolute Gasteiger partial charge is 0.392 e. The predicted molar refractivity (Wildman–Crippen MR) is 56.6 cm³/mol. The van der Waals surface area contributed by atoms with Gasteiger partial charge in [-0.25, -0.2) is 8.78 Å². The Morgan fingerprint density at radius 3 is 2.33 bits per heavy atom. The SMILES string of the molecule is CN(CC(F)F)c1ccc(CO)c(C(F)(F)F)c1. The molecule has 0 heterocycles. The molecule has 0 aliphatic carbocycles. The van der Waals surface area contributed by atoms with Crippen LogP contribution < -0.4 is 4.90 Å². The van der Waals surface area contributed by atoms with Crippen LogP contribution in [0.5, 0.6) is 0 Å². The lowest BCUT2D eigenvalue weighted by Crippen LogP contribution is -2.24. The van der Waals surface area contributed by atoms with Gasteiger partial charge in [-0.3, -0.25) is 0 Å². The first kappa shape index (κ1) is 14.7. The molecule has 0 radical (unpaired) electrons. The quantitative estimate of drug-likeness (QED) is 0.849. The summed E-state index contributed by atoms with van der Waals surface area (Å²) >= 11 is 0. The average molecular weight is 269 g/mol. The highest BCUT2D eigenvalue weighted by atomic mass is 19.4. The molecule has 0 saturated heterocycles. The van der Waals surface area contributed by atoms with E-state index in [-0.39, 0.29) is 11.3 Å². The van der Waals surface area contributed by atoms with Gasteiger partial charge < -0.3 is 10.0 Å². The van der Waals surface area contributed by atoms with Crippen molar-refractivity contribution in [2.24, 2.45) is 0 Å². The molecule has 102 valence electrons. The maximum absolute atomic E-state index is 12.7. The van der Waals surface area contributed by atoms with Crippen molar-refractivity contribution in [3.05, 3.63) is 29.3 Å². The van der Waals surface area contributed by atoms with E-state index in [2.05, 4.69) is 0 Å². The molecular weight excluding hydrogens is 257 g/mol. The molecule has 1 aromatic carbocycles. The van der Waals surface area contributed by atoms with E-state index in [0.717, 1.165) is 17.0 Å². The Hall–Kier alpha value is -1.37. The minimum atomic E-state index is -4.63. The summed E-state index contributed by atoms with van der Waals surface area (Å²) < 4.78 is 62.3. The van der Waals surface area contributed by atoms with Crippen LogP contribution in [0.3, 0.4) is 0 Å². The first-order chi connectivity index (χ1) is 8.25. The summed E-state index contributed by atoms with van der Waals surface area (Å²) in [6.07, 6.45) is -7.26. The van der Waals surface area contributed by atoms with Crippen molar-refractivity contribution >= 4 is 5.69 Å². The molecule has 0 fully saturated rings. The van der Waals surface area contributed by atoms with Crippen LogP contribution in [0, 0.1) is 0 Å². The Bertz CT molecular complexity index is 405. The summed E-state index contributed by atoms with van der Waals surface area (Å²) in [5, 5.41) is 8.82. The molecule has 0 aliphatic heterocycles. The molecule has 0 aliphatic rings.